The number of hydrogen-bond acceptors (Lipinski definition) is 5. The summed E-state index contributed by atoms with van der Waals surface area (Å²) in [5.74, 6) is 0.0515. The van der Waals surface area contributed by atoms with Gasteiger partial charge < -0.3 is 9.88 Å². The Hall–Kier alpha value is -1.41. The molecular formula is C14H22N4O3S. The number of piperazine rings is 1. The van der Waals surface area contributed by atoms with Crippen molar-refractivity contribution in [2.45, 2.75) is 32.4 Å². The van der Waals surface area contributed by atoms with Crippen LogP contribution in [0.15, 0.2) is 6.33 Å². The molecular weight excluding hydrogens is 304 g/mol. The Labute approximate surface area is 130 Å². The van der Waals surface area contributed by atoms with Crippen molar-refractivity contribution >= 4 is 15.7 Å². The Morgan fingerprint density at radius 3 is 2.73 bits per heavy atom. The molecule has 0 radical (unpaired) electrons. The highest BCUT2D eigenvalue weighted by Gasteiger charge is 2.48. The van der Waals surface area contributed by atoms with Crippen molar-refractivity contribution in [1.82, 2.24) is 19.8 Å². The highest BCUT2D eigenvalue weighted by atomic mass is 32.2. The van der Waals surface area contributed by atoms with Gasteiger partial charge in [-0.05, 0) is 19.9 Å². The maximum atomic E-state index is 12.7. The molecule has 0 aliphatic carbocycles. The zero-order valence-electron chi connectivity index (χ0n) is 12.9. The third kappa shape index (κ3) is 2.65. The van der Waals surface area contributed by atoms with Gasteiger partial charge >= 0.3 is 0 Å². The molecule has 8 heteroatoms. The maximum absolute atomic E-state index is 12.7. The number of carbonyl (C=O) groups is 1. The summed E-state index contributed by atoms with van der Waals surface area (Å²) in [5.41, 5.74) is 1.12. The van der Waals surface area contributed by atoms with Crippen molar-refractivity contribution in [1.29, 1.82) is 0 Å². The molecule has 2 aliphatic heterocycles. The summed E-state index contributed by atoms with van der Waals surface area (Å²) >= 11 is 0. The number of sulfone groups is 1. The van der Waals surface area contributed by atoms with E-state index in [1.165, 1.54) is 6.33 Å². The van der Waals surface area contributed by atoms with Crippen molar-refractivity contribution < 1.29 is 13.2 Å². The van der Waals surface area contributed by atoms with Gasteiger partial charge in [-0.2, -0.15) is 0 Å². The third-order valence-corrected chi connectivity index (χ3v) is 6.29. The second-order valence-electron chi connectivity index (χ2n) is 6.12. The van der Waals surface area contributed by atoms with Crippen LogP contribution in [0, 0.1) is 6.92 Å². The summed E-state index contributed by atoms with van der Waals surface area (Å²) < 4.78 is 24.2. The molecule has 2 atom stereocenters. The second-order valence-corrected chi connectivity index (χ2v) is 8.28. The number of aromatic nitrogens is 2. The monoisotopic (exact) mass is 326 g/mol. The van der Waals surface area contributed by atoms with Gasteiger partial charge in [-0.1, -0.05) is 6.92 Å². The molecule has 0 bridgehead atoms. The molecule has 3 heterocycles. The van der Waals surface area contributed by atoms with E-state index in [0.29, 0.717) is 12.2 Å². The lowest BCUT2D eigenvalue weighted by atomic mass is 10.0. The van der Waals surface area contributed by atoms with Gasteiger partial charge in [-0.15, -0.1) is 0 Å². The highest BCUT2D eigenvalue weighted by molar-refractivity contribution is 7.91. The van der Waals surface area contributed by atoms with Crippen LogP contribution >= 0.6 is 0 Å². The minimum absolute atomic E-state index is 0.0626. The molecule has 1 aromatic rings. The van der Waals surface area contributed by atoms with Crippen molar-refractivity contribution in [3.8, 4) is 0 Å². The molecule has 1 N–H and O–H groups in total. The molecule has 3 rings (SSSR count). The van der Waals surface area contributed by atoms with Crippen LogP contribution in [0.25, 0.3) is 0 Å². The summed E-state index contributed by atoms with van der Waals surface area (Å²) in [6.07, 6.45) is 2.48. The van der Waals surface area contributed by atoms with E-state index in [2.05, 4.69) is 21.8 Å². The summed E-state index contributed by atoms with van der Waals surface area (Å²) in [5, 5.41) is 0. The van der Waals surface area contributed by atoms with E-state index in [4.69, 9.17) is 0 Å². The first-order valence-electron chi connectivity index (χ1n) is 7.68. The van der Waals surface area contributed by atoms with Crippen molar-refractivity contribution in [3.05, 3.63) is 17.7 Å². The van der Waals surface area contributed by atoms with E-state index in [-0.39, 0.29) is 29.5 Å². The minimum atomic E-state index is -3.09. The molecule has 2 aliphatic rings. The number of carbonyl (C=O) groups excluding carboxylic acids is 1. The van der Waals surface area contributed by atoms with E-state index in [9.17, 15) is 13.2 Å². The average molecular weight is 326 g/mol. The highest BCUT2D eigenvalue weighted by Crippen LogP contribution is 2.28. The first kappa shape index (κ1) is 15.5. The average Bonchev–Trinajstić information content (AvgIpc) is 3.01. The van der Waals surface area contributed by atoms with Gasteiger partial charge in [-0.3, -0.25) is 9.69 Å². The summed E-state index contributed by atoms with van der Waals surface area (Å²) in [4.78, 5) is 23.7. The van der Waals surface area contributed by atoms with Gasteiger partial charge in [0.25, 0.3) is 5.91 Å². The normalized spacial score (nSPS) is 27.8. The molecule has 122 valence electrons. The second kappa shape index (κ2) is 5.66. The smallest absolute Gasteiger partial charge is 0.274 e. The Morgan fingerprint density at radius 2 is 2.09 bits per heavy atom. The number of aryl methyl sites for hydroxylation is 1. The standard InChI is InChI=1S/C14H22N4O3S/c1-3-4-17-5-6-18(12-8-22(20,21)7-11(12)17)14(19)13-10(2)15-9-16-13/h9,11-12H,3-8H2,1-2H3,(H,15,16)/t11-,12+/m1/s1. The van der Waals surface area contributed by atoms with Crippen LogP contribution in [0.4, 0.5) is 0 Å². The predicted molar refractivity (Wildman–Crippen MR) is 82.5 cm³/mol. The van der Waals surface area contributed by atoms with Crippen LogP contribution in [0.2, 0.25) is 0 Å². The molecule has 0 unspecified atom stereocenters. The van der Waals surface area contributed by atoms with E-state index < -0.39 is 9.84 Å². The molecule has 1 aromatic heterocycles. The van der Waals surface area contributed by atoms with Crippen molar-refractivity contribution in [2.24, 2.45) is 0 Å². The number of imidazole rings is 1. The van der Waals surface area contributed by atoms with Crippen LogP contribution in [-0.2, 0) is 9.84 Å². The van der Waals surface area contributed by atoms with Gasteiger partial charge in [0.05, 0.1) is 23.9 Å². The van der Waals surface area contributed by atoms with Crippen LogP contribution in [0.3, 0.4) is 0 Å². The Balaban J connectivity index is 1.88. The van der Waals surface area contributed by atoms with Gasteiger partial charge in [0.15, 0.2) is 9.84 Å². The van der Waals surface area contributed by atoms with Gasteiger partial charge in [0.2, 0.25) is 0 Å². The molecule has 1 amide bonds. The Morgan fingerprint density at radius 1 is 1.36 bits per heavy atom. The van der Waals surface area contributed by atoms with Crippen LogP contribution in [0.1, 0.15) is 29.5 Å². The molecule has 0 aromatic carbocycles. The molecule has 0 spiro atoms. The fraction of sp³-hybridized carbons (Fsp3) is 0.714. The molecule has 7 nitrogen and oxygen atoms in total. The SMILES string of the molecule is CCCN1CCN(C(=O)c2nc[nH]c2C)[C@H]2CS(=O)(=O)C[C@H]21. The summed E-state index contributed by atoms with van der Waals surface area (Å²) in [6.45, 7) is 6.04. The Bertz CT molecular complexity index is 669. The minimum Gasteiger partial charge on any atom is -0.348 e. The lowest BCUT2D eigenvalue weighted by molar-refractivity contribution is 0.0328. The van der Waals surface area contributed by atoms with Gasteiger partial charge in [0, 0.05) is 24.8 Å². The number of fused-ring (bicyclic) bond motifs is 1. The van der Waals surface area contributed by atoms with Crippen LogP contribution in [0.5, 0.6) is 0 Å². The fourth-order valence-electron chi connectivity index (χ4n) is 3.55. The zero-order chi connectivity index (χ0) is 15.9. The summed E-state index contributed by atoms with van der Waals surface area (Å²) in [6, 6.07) is -0.337. The van der Waals surface area contributed by atoms with Gasteiger partial charge in [0.1, 0.15) is 5.69 Å². The van der Waals surface area contributed by atoms with Crippen LogP contribution < -0.4 is 0 Å². The number of H-pyrrole nitrogens is 1. The van der Waals surface area contributed by atoms with E-state index >= 15 is 0 Å². The molecule has 0 saturated carbocycles. The van der Waals surface area contributed by atoms with Crippen molar-refractivity contribution in [2.75, 3.05) is 31.1 Å². The van der Waals surface area contributed by atoms with Crippen LogP contribution in [-0.4, -0.2) is 77.3 Å². The van der Waals surface area contributed by atoms with Crippen molar-refractivity contribution in [3.63, 3.8) is 0 Å². The maximum Gasteiger partial charge on any atom is 0.274 e. The Kier molecular flexibility index (Phi) is 3.98. The number of rotatable bonds is 3. The molecule has 22 heavy (non-hydrogen) atoms. The van der Waals surface area contributed by atoms with E-state index in [1.807, 2.05) is 0 Å². The molecule has 2 fully saturated rings. The topological polar surface area (TPSA) is 86.4 Å². The number of amides is 1. The zero-order valence-corrected chi connectivity index (χ0v) is 13.8. The fourth-order valence-corrected chi connectivity index (χ4v) is 5.56. The summed E-state index contributed by atoms with van der Waals surface area (Å²) in [7, 11) is -3.09. The predicted octanol–water partition coefficient (Wildman–Crippen LogP) is 0.0515. The third-order valence-electron chi connectivity index (χ3n) is 4.60. The number of aromatic amines is 1. The quantitative estimate of drug-likeness (QED) is 0.848. The lowest BCUT2D eigenvalue weighted by Crippen LogP contribution is -2.60. The lowest BCUT2D eigenvalue weighted by Gasteiger charge is -2.43. The van der Waals surface area contributed by atoms with E-state index in [1.54, 1.807) is 11.8 Å². The first-order chi connectivity index (χ1) is 10.4. The largest absolute Gasteiger partial charge is 0.348 e. The number of nitrogens with one attached hydrogen (secondary N) is 1. The number of nitrogens with zero attached hydrogens (tertiary/aromatic N) is 3. The molecule has 2 saturated heterocycles. The number of hydrogen-bond donors (Lipinski definition) is 1. The van der Waals surface area contributed by atoms with E-state index in [0.717, 1.165) is 25.2 Å². The first-order valence-corrected chi connectivity index (χ1v) is 9.50. The van der Waals surface area contributed by atoms with Gasteiger partial charge in [-0.25, -0.2) is 13.4 Å².